The van der Waals surface area contributed by atoms with Crippen LogP contribution in [0.3, 0.4) is 0 Å². The van der Waals surface area contributed by atoms with E-state index >= 15 is 0 Å². The smallest absolute Gasteiger partial charge is 0.0431 e. The number of allylic oxidation sites excluding steroid dienone is 4. The molecule has 0 aliphatic carbocycles. The van der Waals surface area contributed by atoms with Crippen molar-refractivity contribution in [3.05, 3.63) is 23.3 Å². The summed E-state index contributed by atoms with van der Waals surface area (Å²) in [5.74, 6) is 0.740. The minimum Gasteiger partial charge on any atom is -0.396 e. The van der Waals surface area contributed by atoms with E-state index in [1.54, 1.807) is 0 Å². The normalized spacial score (nSPS) is 13.6. The summed E-state index contributed by atoms with van der Waals surface area (Å²) in [6, 6.07) is 0. The van der Waals surface area contributed by atoms with Gasteiger partial charge in [-0.05, 0) is 65.2 Å². The maximum Gasteiger partial charge on any atom is 0.0431 e. The maximum atomic E-state index is 8.75. The van der Waals surface area contributed by atoms with Gasteiger partial charge in [0.1, 0.15) is 0 Å². The average Bonchev–Trinajstić information content (AvgIpc) is 2.25. The van der Waals surface area contributed by atoms with Gasteiger partial charge in [0.25, 0.3) is 0 Å². The number of aliphatic hydroxyl groups is 1. The van der Waals surface area contributed by atoms with Crippen molar-refractivity contribution < 1.29 is 5.11 Å². The molecular formula is C16H30O. The van der Waals surface area contributed by atoms with Crippen molar-refractivity contribution in [1.82, 2.24) is 0 Å². The van der Waals surface area contributed by atoms with Crippen molar-refractivity contribution >= 4 is 0 Å². The highest BCUT2D eigenvalue weighted by molar-refractivity contribution is 5.02. The Labute approximate surface area is 108 Å². The lowest BCUT2D eigenvalue weighted by atomic mass is 9.99. The van der Waals surface area contributed by atoms with Crippen molar-refractivity contribution in [3.8, 4) is 0 Å². The van der Waals surface area contributed by atoms with Gasteiger partial charge in [-0.15, -0.1) is 0 Å². The summed E-state index contributed by atoms with van der Waals surface area (Å²) in [6.45, 7) is 9.16. The van der Waals surface area contributed by atoms with Gasteiger partial charge >= 0.3 is 0 Å². The molecule has 0 fully saturated rings. The molecule has 0 aliphatic heterocycles. The van der Waals surface area contributed by atoms with Gasteiger partial charge in [-0.2, -0.15) is 0 Å². The Morgan fingerprint density at radius 3 is 2.35 bits per heavy atom. The average molecular weight is 238 g/mol. The van der Waals surface area contributed by atoms with Gasteiger partial charge in [0, 0.05) is 6.61 Å². The van der Waals surface area contributed by atoms with Gasteiger partial charge in [0.15, 0.2) is 0 Å². The van der Waals surface area contributed by atoms with Gasteiger partial charge in [-0.25, -0.2) is 0 Å². The van der Waals surface area contributed by atoms with E-state index in [4.69, 9.17) is 5.11 Å². The Kier molecular flexibility index (Phi) is 10.2. The molecule has 0 saturated carbocycles. The van der Waals surface area contributed by atoms with Crippen LogP contribution in [-0.2, 0) is 0 Å². The molecule has 0 aromatic heterocycles. The molecule has 1 atom stereocenters. The summed E-state index contributed by atoms with van der Waals surface area (Å²) in [4.78, 5) is 0. The van der Waals surface area contributed by atoms with Crippen LogP contribution in [-0.4, -0.2) is 11.7 Å². The van der Waals surface area contributed by atoms with E-state index in [1.165, 1.54) is 36.8 Å². The minimum absolute atomic E-state index is 0.335. The van der Waals surface area contributed by atoms with E-state index in [-0.39, 0.29) is 0 Å². The van der Waals surface area contributed by atoms with Crippen molar-refractivity contribution in [2.24, 2.45) is 5.92 Å². The van der Waals surface area contributed by atoms with Crippen molar-refractivity contribution in [3.63, 3.8) is 0 Å². The second-order valence-corrected chi connectivity index (χ2v) is 5.42. The number of rotatable bonds is 9. The quantitative estimate of drug-likeness (QED) is 0.568. The molecule has 0 aliphatic rings. The lowest BCUT2D eigenvalue weighted by molar-refractivity contribution is 0.272. The molecule has 0 aromatic carbocycles. The minimum atomic E-state index is 0.335. The molecular weight excluding hydrogens is 208 g/mol. The van der Waals surface area contributed by atoms with E-state index in [0.29, 0.717) is 6.61 Å². The number of aliphatic hydroxyl groups excluding tert-OH is 1. The highest BCUT2D eigenvalue weighted by atomic mass is 16.2. The topological polar surface area (TPSA) is 20.2 Å². The summed E-state index contributed by atoms with van der Waals surface area (Å²) in [5, 5.41) is 8.75. The second kappa shape index (κ2) is 10.6. The molecule has 1 unspecified atom stereocenters. The molecule has 100 valence electrons. The zero-order valence-electron chi connectivity index (χ0n) is 12.1. The van der Waals surface area contributed by atoms with Crippen LogP contribution in [0.5, 0.6) is 0 Å². The first-order chi connectivity index (χ1) is 8.06. The Morgan fingerprint density at radius 1 is 1.06 bits per heavy atom. The van der Waals surface area contributed by atoms with Crippen LogP contribution >= 0.6 is 0 Å². The van der Waals surface area contributed by atoms with Crippen LogP contribution in [0, 0.1) is 5.92 Å². The van der Waals surface area contributed by atoms with E-state index in [0.717, 1.165) is 18.8 Å². The molecule has 0 rings (SSSR count). The van der Waals surface area contributed by atoms with E-state index in [9.17, 15) is 0 Å². The third kappa shape index (κ3) is 11.7. The largest absolute Gasteiger partial charge is 0.396 e. The van der Waals surface area contributed by atoms with Crippen LogP contribution in [0.1, 0.15) is 66.2 Å². The molecule has 0 bridgehead atoms. The number of hydrogen-bond donors (Lipinski definition) is 1. The van der Waals surface area contributed by atoms with Crippen LogP contribution in [0.15, 0.2) is 23.3 Å². The predicted molar refractivity (Wildman–Crippen MR) is 77.1 cm³/mol. The van der Waals surface area contributed by atoms with E-state index in [1.807, 2.05) is 0 Å². The summed E-state index contributed by atoms with van der Waals surface area (Å²) < 4.78 is 0. The van der Waals surface area contributed by atoms with Crippen LogP contribution < -0.4 is 0 Å². The molecule has 0 heterocycles. The zero-order valence-corrected chi connectivity index (χ0v) is 12.1. The first kappa shape index (κ1) is 16.4. The fourth-order valence-electron chi connectivity index (χ4n) is 1.89. The summed E-state index contributed by atoms with van der Waals surface area (Å²) in [6.07, 6.45) is 11.6. The van der Waals surface area contributed by atoms with Crippen molar-refractivity contribution in [2.75, 3.05) is 6.61 Å². The lowest BCUT2D eigenvalue weighted by Crippen LogP contribution is -1.96. The molecule has 1 heteroatoms. The Bertz CT molecular complexity index is 234. The summed E-state index contributed by atoms with van der Waals surface area (Å²) >= 11 is 0. The Morgan fingerprint density at radius 2 is 1.76 bits per heavy atom. The molecule has 0 radical (unpaired) electrons. The van der Waals surface area contributed by atoms with Crippen LogP contribution in [0.4, 0.5) is 0 Å². The molecule has 0 spiro atoms. The van der Waals surface area contributed by atoms with Gasteiger partial charge in [-0.1, -0.05) is 30.2 Å². The fourth-order valence-corrected chi connectivity index (χ4v) is 1.89. The first-order valence-corrected chi connectivity index (χ1v) is 6.96. The molecule has 17 heavy (non-hydrogen) atoms. The molecule has 0 aromatic rings. The monoisotopic (exact) mass is 238 g/mol. The van der Waals surface area contributed by atoms with Gasteiger partial charge < -0.3 is 5.11 Å². The van der Waals surface area contributed by atoms with Crippen molar-refractivity contribution in [1.29, 1.82) is 0 Å². The third-order valence-corrected chi connectivity index (χ3v) is 3.10. The Hall–Kier alpha value is -0.560. The number of hydrogen-bond acceptors (Lipinski definition) is 1. The Balaban J connectivity index is 3.65. The predicted octanol–water partition coefficient (Wildman–Crippen LogP) is 4.87. The van der Waals surface area contributed by atoms with E-state index < -0.39 is 0 Å². The van der Waals surface area contributed by atoms with Gasteiger partial charge in [-0.3, -0.25) is 0 Å². The van der Waals surface area contributed by atoms with Crippen LogP contribution in [0.25, 0.3) is 0 Å². The maximum absolute atomic E-state index is 8.75. The van der Waals surface area contributed by atoms with Gasteiger partial charge in [0.2, 0.25) is 0 Å². The van der Waals surface area contributed by atoms with Crippen LogP contribution in [0.2, 0.25) is 0 Å². The van der Waals surface area contributed by atoms with Crippen molar-refractivity contribution in [2.45, 2.75) is 66.2 Å². The SMILES string of the molecule is CC(C)=CCCC(C)=CCCC(C)CCCO. The molecule has 1 N–H and O–H groups in total. The highest BCUT2D eigenvalue weighted by Gasteiger charge is 2.00. The standard InChI is InChI=1S/C16H30O/c1-14(2)8-5-9-15(3)10-6-11-16(4)12-7-13-17/h8,10,16-17H,5-7,9,11-13H2,1-4H3. The third-order valence-electron chi connectivity index (χ3n) is 3.10. The van der Waals surface area contributed by atoms with Gasteiger partial charge in [0.05, 0.1) is 0 Å². The zero-order chi connectivity index (χ0) is 13.1. The molecule has 1 nitrogen and oxygen atoms in total. The first-order valence-electron chi connectivity index (χ1n) is 6.96. The highest BCUT2D eigenvalue weighted by Crippen LogP contribution is 2.15. The summed E-state index contributed by atoms with van der Waals surface area (Å²) in [5.41, 5.74) is 2.92. The molecule has 0 saturated heterocycles. The second-order valence-electron chi connectivity index (χ2n) is 5.42. The van der Waals surface area contributed by atoms with E-state index in [2.05, 4.69) is 39.8 Å². The summed E-state index contributed by atoms with van der Waals surface area (Å²) in [7, 11) is 0. The molecule has 0 amide bonds. The lowest BCUT2D eigenvalue weighted by Gasteiger charge is -2.08. The fraction of sp³-hybridized carbons (Fsp3) is 0.750.